The summed E-state index contributed by atoms with van der Waals surface area (Å²) >= 11 is 0. The number of ether oxygens (including phenoxy) is 2. The van der Waals surface area contributed by atoms with Crippen LogP contribution in [0.5, 0.6) is 0 Å². The fourth-order valence-electron chi connectivity index (χ4n) is 4.66. The van der Waals surface area contributed by atoms with Crippen molar-refractivity contribution in [3.05, 3.63) is 29.3 Å². The van der Waals surface area contributed by atoms with Crippen LogP contribution in [0, 0.1) is 0 Å². The van der Waals surface area contributed by atoms with Crippen LogP contribution >= 0.6 is 0 Å². The van der Waals surface area contributed by atoms with E-state index in [0.717, 1.165) is 51.0 Å². The van der Waals surface area contributed by atoms with Gasteiger partial charge in [-0.2, -0.15) is 0 Å². The number of aliphatic imine (C=N–C) groups is 1. The van der Waals surface area contributed by atoms with E-state index in [0.29, 0.717) is 5.96 Å². The minimum Gasteiger partial charge on any atom is -0.375 e. The number of nitrogens with one attached hydrogen (secondary N) is 1. The maximum absolute atomic E-state index is 6.26. The molecule has 5 nitrogen and oxygen atoms in total. The number of guanidine groups is 1. The van der Waals surface area contributed by atoms with E-state index in [1.54, 1.807) is 0 Å². The monoisotopic (exact) mass is 343 g/mol. The molecule has 0 bridgehead atoms. The summed E-state index contributed by atoms with van der Waals surface area (Å²) in [6, 6.07) is 6.54. The van der Waals surface area contributed by atoms with Crippen LogP contribution in [0.1, 0.15) is 50.2 Å². The molecule has 1 heterocycles. The Morgan fingerprint density at radius 3 is 3.04 bits per heavy atom. The highest BCUT2D eigenvalue weighted by Crippen LogP contribution is 2.47. The highest BCUT2D eigenvalue weighted by Gasteiger charge is 2.59. The third kappa shape index (κ3) is 3.04. The predicted molar refractivity (Wildman–Crippen MR) is 100 cm³/mol. The summed E-state index contributed by atoms with van der Waals surface area (Å²) in [4.78, 5) is 4.77. The molecule has 0 amide bonds. The lowest BCUT2D eigenvalue weighted by Crippen LogP contribution is -2.63. The van der Waals surface area contributed by atoms with Gasteiger partial charge in [-0.25, -0.2) is 4.99 Å². The maximum Gasteiger partial charge on any atom is 0.193 e. The van der Waals surface area contributed by atoms with Gasteiger partial charge >= 0.3 is 0 Å². The number of aryl methyl sites for hydroxylation is 1. The van der Waals surface area contributed by atoms with Crippen LogP contribution in [-0.2, 0) is 22.3 Å². The highest BCUT2D eigenvalue weighted by atomic mass is 16.6. The summed E-state index contributed by atoms with van der Waals surface area (Å²) in [5.41, 5.74) is 9.97. The third-order valence-corrected chi connectivity index (χ3v) is 5.95. The molecule has 4 rings (SSSR count). The molecule has 136 valence electrons. The molecule has 1 spiro atoms. The zero-order valence-corrected chi connectivity index (χ0v) is 15.1. The molecule has 3 aliphatic rings. The van der Waals surface area contributed by atoms with Gasteiger partial charge in [0, 0.05) is 25.3 Å². The second-order valence-electron chi connectivity index (χ2n) is 7.39. The first-order valence-corrected chi connectivity index (χ1v) is 9.69. The topological polar surface area (TPSA) is 68.9 Å². The number of rotatable bonds is 4. The van der Waals surface area contributed by atoms with Gasteiger partial charge in [0.05, 0.1) is 12.1 Å². The van der Waals surface area contributed by atoms with E-state index in [2.05, 4.69) is 23.5 Å². The average Bonchev–Trinajstić information content (AvgIpc) is 3.14. The number of benzene rings is 1. The Morgan fingerprint density at radius 1 is 1.36 bits per heavy atom. The molecule has 25 heavy (non-hydrogen) atoms. The molecule has 3 atom stereocenters. The summed E-state index contributed by atoms with van der Waals surface area (Å²) in [6.07, 6.45) is 7.95. The van der Waals surface area contributed by atoms with Crippen molar-refractivity contribution in [3.63, 3.8) is 0 Å². The van der Waals surface area contributed by atoms with E-state index < -0.39 is 0 Å². The quantitative estimate of drug-likeness (QED) is 0.651. The molecule has 2 aliphatic carbocycles. The van der Waals surface area contributed by atoms with E-state index in [9.17, 15) is 0 Å². The van der Waals surface area contributed by atoms with Gasteiger partial charge in [-0.05, 0) is 62.6 Å². The van der Waals surface area contributed by atoms with Gasteiger partial charge in [0.25, 0.3) is 0 Å². The predicted octanol–water partition coefficient (Wildman–Crippen LogP) is 3.02. The van der Waals surface area contributed by atoms with Crippen LogP contribution in [0.4, 0.5) is 5.69 Å². The summed E-state index contributed by atoms with van der Waals surface area (Å²) in [5.74, 6) is 0.494. The molecular formula is C20H29N3O2. The Kier molecular flexibility index (Phi) is 4.69. The van der Waals surface area contributed by atoms with Gasteiger partial charge in [0.1, 0.15) is 5.60 Å². The number of nitrogens with zero attached hydrogens (tertiary/aromatic N) is 1. The number of anilines is 1. The Bertz CT molecular complexity index is 652. The molecule has 1 aliphatic heterocycles. The first-order valence-electron chi connectivity index (χ1n) is 9.69. The van der Waals surface area contributed by atoms with Crippen molar-refractivity contribution in [3.8, 4) is 0 Å². The molecule has 0 aromatic heterocycles. The molecule has 1 saturated heterocycles. The van der Waals surface area contributed by atoms with Crippen LogP contribution in [0.2, 0.25) is 0 Å². The van der Waals surface area contributed by atoms with Gasteiger partial charge in [0.2, 0.25) is 0 Å². The molecule has 1 aromatic carbocycles. The summed E-state index contributed by atoms with van der Waals surface area (Å²) < 4.78 is 11.9. The van der Waals surface area contributed by atoms with Crippen molar-refractivity contribution in [2.75, 3.05) is 18.5 Å². The van der Waals surface area contributed by atoms with E-state index in [-0.39, 0.29) is 17.7 Å². The minimum atomic E-state index is -0.252. The zero-order chi connectivity index (χ0) is 17.3. The summed E-state index contributed by atoms with van der Waals surface area (Å²) in [5, 5.41) is 3.35. The molecule has 1 saturated carbocycles. The molecule has 2 fully saturated rings. The first kappa shape index (κ1) is 16.9. The fraction of sp³-hybridized carbons (Fsp3) is 0.650. The van der Waals surface area contributed by atoms with Crippen LogP contribution in [0.3, 0.4) is 0 Å². The van der Waals surface area contributed by atoms with Crippen molar-refractivity contribution in [1.29, 1.82) is 0 Å². The van der Waals surface area contributed by atoms with Crippen molar-refractivity contribution in [2.45, 2.75) is 69.6 Å². The number of hydrogen-bond acceptors (Lipinski definition) is 3. The average molecular weight is 343 g/mol. The zero-order valence-electron chi connectivity index (χ0n) is 15.1. The number of hydrogen-bond donors (Lipinski definition) is 2. The fourth-order valence-corrected chi connectivity index (χ4v) is 4.66. The van der Waals surface area contributed by atoms with Crippen molar-refractivity contribution in [1.82, 2.24) is 0 Å². The Labute approximate surface area is 150 Å². The van der Waals surface area contributed by atoms with Crippen LogP contribution in [0.15, 0.2) is 23.2 Å². The largest absolute Gasteiger partial charge is 0.375 e. The van der Waals surface area contributed by atoms with Gasteiger partial charge in [-0.15, -0.1) is 0 Å². The maximum atomic E-state index is 6.26. The standard InChI is InChI=1S/C20H29N3O2/c1-2-24-18-13-17(20(18)11-6-12-25-20)23-19(21)22-16-10-5-8-14-7-3-4-9-15(14)16/h5,8,10,17-18H,2-4,6-7,9,11-13H2,1H3,(H3,21,22,23). The number of nitrogens with two attached hydrogens (primary N) is 1. The summed E-state index contributed by atoms with van der Waals surface area (Å²) in [6.45, 7) is 3.55. The van der Waals surface area contributed by atoms with E-state index >= 15 is 0 Å². The van der Waals surface area contributed by atoms with Crippen LogP contribution in [0.25, 0.3) is 0 Å². The first-order chi connectivity index (χ1) is 12.2. The molecule has 3 unspecified atom stereocenters. The van der Waals surface area contributed by atoms with Crippen molar-refractivity contribution < 1.29 is 9.47 Å². The second-order valence-corrected chi connectivity index (χ2v) is 7.39. The second kappa shape index (κ2) is 6.96. The Hall–Kier alpha value is -1.59. The van der Waals surface area contributed by atoms with Crippen molar-refractivity contribution >= 4 is 11.6 Å². The lowest BCUT2D eigenvalue weighted by atomic mass is 9.70. The third-order valence-electron chi connectivity index (χ3n) is 5.95. The minimum absolute atomic E-state index is 0.0959. The van der Waals surface area contributed by atoms with Gasteiger partial charge in [-0.1, -0.05) is 12.1 Å². The van der Waals surface area contributed by atoms with Crippen LogP contribution < -0.4 is 11.1 Å². The van der Waals surface area contributed by atoms with Gasteiger partial charge < -0.3 is 20.5 Å². The molecule has 0 radical (unpaired) electrons. The molecule has 1 aromatic rings. The summed E-state index contributed by atoms with van der Waals surface area (Å²) in [7, 11) is 0. The van der Waals surface area contributed by atoms with E-state index in [1.165, 1.54) is 24.0 Å². The van der Waals surface area contributed by atoms with E-state index in [1.807, 2.05) is 6.92 Å². The Balaban J connectivity index is 1.49. The van der Waals surface area contributed by atoms with Gasteiger partial charge in [0.15, 0.2) is 5.96 Å². The Morgan fingerprint density at radius 2 is 2.24 bits per heavy atom. The smallest absolute Gasteiger partial charge is 0.193 e. The normalized spacial score (nSPS) is 31.6. The molecule has 3 N–H and O–H groups in total. The molecular weight excluding hydrogens is 314 g/mol. The molecule has 5 heteroatoms. The number of fused-ring (bicyclic) bond motifs is 1. The van der Waals surface area contributed by atoms with Crippen molar-refractivity contribution in [2.24, 2.45) is 10.7 Å². The van der Waals surface area contributed by atoms with Crippen LogP contribution in [-0.4, -0.2) is 36.9 Å². The highest BCUT2D eigenvalue weighted by molar-refractivity contribution is 5.93. The SMILES string of the molecule is CCOC1CC(N=C(N)Nc2cccc3c2CCCC3)C12CCCO2. The van der Waals surface area contributed by atoms with Gasteiger partial charge in [-0.3, -0.25) is 0 Å². The van der Waals surface area contributed by atoms with E-state index in [4.69, 9.17) is 20.2 Å². The lowest BCUT2D eigenvalue weighted by molar-refractivity contribution is -0.188. The lowest BCUT2D eigenvalue weighted by Gasteiger charge is -2.50.